The third-order valence-corrected chi connectivity index (χ3v) is 5.23. The Morgan fingerprint density at radius 3 is 2.96 bits per heavy atom. The molecule has 0 amide bonds. The van der Waals surface area contributed by atoms with Gasteiger partial charge in [0.05, 0.1) is 27.3 Å². The number of imidazole rings is 1. The van der Waals surface area contributed by atoms with Gasteiger partial charge in [-0.25, -0.2) is 9.37 Å². The molecule has 1 aliphatic heterocycles. The fourth-order valence-electron chi connectivity index (χ4n) is 3.68. The molecule has 7 nitrogen and oxygen atoms in total. The van der Waals surface area contributed by atoms with Gasteiger partial charge in [-0.05, 0) is 32.0 Å². The van der Waals surface area contributed by atoms with Crippen molar-refractivity contribution in [2.75, 3.05) is 23.7 Å². The van der Waals surface area contributed by atoms with Gasteiger partial charge in [0.15, 0.2) is 17.3 Å². The molecule has 5 rings (SSSR count). The molecule has 3 aromatic heterocycles. The summed E-state index contributed by atoms with van der Waals surface area (Å²) in [5, 5.41) is 18.6. The van der Waals surface area contributed by atoms with E-state index in [1.807, 2.05) is 19.1 Å². The molecule has 0 saturated carbocycles. The summed E-state index contributed by atoms with van der Waals surface area (Å²) in [6.07, 6.45) is 4.62. The van der Waals surface area contributed by atoms with Crippen LogP contribution >= 0.6 is 11.6 Å². The van der Waals surface area contributed by atoms with Crippen LogP contribution in [-0.2, 0) is 0 Å². The molecule has 28 heavy (non-hydrogen) atoms. The second kappa shape index (κ2) is 6.65. The minimum Gasteiger partial charge on any atom is -0.381 e. The van der Waals surface area contributed by atoms with Gasteiger partial charge in [0, 0.05) is 36.7 Å². The van der Waals surface area contributed by atoms with Crippen LogP contribution in [0.5, 0.6) is 0 Å². The molecule has 4 heterocycles. The lowest BCUT2D eigenvalue weighted by atomic mass is 10.2. The molecule has 4 aromatic rings. The van der Waals surface area contributed by atoms with Crippen molar-refractivity contribution >= 4 is 45.3 Å². The zero-order chi connectivity index (χ0) is 19.3. The Balaban J connectivity index is 1.47. The van der Waals surface area contributed by atoms with E-state index < -0.39 is 5.82 Å². The number of nitrogens with one attached hydrogen (secondary N) is 4. The topological polar surface area (TPSA) is 82.1 Å². The fraction of sp³-hybridized carbons (Fsp3) is 0.263. The largest absolute Gasteiger partial charge is 0.381 e. The van der Waals surface area contributed by atoms with E-state index in [0.717, 1.165) is 41.8 Å². The first-order chi connectivity index (χ1) is 13.6. The van der Waals surface area contributed by atoms with Gasteiger partial charge in [0.25, 0.3) is 0 Å². The average Bonchev–Trinajstić information content (AvgIpc) is 3.36. The number of H-pyrrole nitrogens is 1. The number of hydrogen-bond acceptors (Lipinski definition) is 5. The van der Waals surface area contributed by atoms with Gasteiger partial charge < -0.3 is 20.4 Å². The SMILES string of the molecule is Cc1cn2cc(Nc3n[nH]c4cc(NC5CCNC5)cc(Cl)c34)cc(F)c2n1. The van der Waals surface area contributed by atoms with Crippen LogP contribution in [0.15, 0.2) is 30.6 Å². The molecule has 0 radical (unpaired) electrons. The maximum absolute atomic E-state index is 14.3. The van der Waals surface area contributed by atoms with Gasteiger partial charge in [-0.2, -0.15) is 5.10 Å². The van der Waals surface area contributed by atoms with Crippen molar-refractivity contribution in [1.82, 2.24) is 24.9 Å². The van der Waals surface area contributed by atoms with E-state index in [-0.39, 0.29) is 0 Å². The Labute approximate surface area is 165 Å². The number of fused-ring (bicyclic) bond motifs is 2. The predicted molar refractivity (Wildman–Crippen MR) is 109 cm³/mol. The van der Waals surface area contributed by atoms with E-state index in [2.05, 4.69) is 31.1 Å². The van der Waals surface area contributed by atoms with Gasteiger partial charge in [-0.3, -0.25) is 5.10 Å². The van der Waals surface area contributed by atoms with Crippen LogP contribution < -0.4 is 16.0 Å². The van der Waals surface area contributed by atoms with Crippen molar-refractivity contribution in [2.45, 2.75) is 19.4 Å². The van der Waals surface area contributed by atoms with Crippen molar-refractivity contribution in [3.05, 3.63) is 47.1 Å². The van der Waals surface area contributed by atoms with Crippen molar-refractivity contribution in [2.24, 2.45) is 0 Å². The Morgan fingerprint density at radius 2 is 2.14 bits per heavy atom. The number of benzene rings is 1. The monoisotopic (exact) mass is 399 g/mol. The van der Waals surface area contributed by atoms with Crippen molar-refractivity contribution in [1.29, 1.82) is 0 Å². The average molecular weight is 400 g/mol. The van der Waals surface area contributed by atoms with Gasteiger partial charge >= 0.3 is 0 Å². The van der Waals surface area contributed by atoms with Gasteiger partial charge in [-0.1, -0.05) is 11.6 Å². The number of aromatic nitrogens is 4. The highest BCUT2D eigenvalue weighted by atomic mass is 35.5. The Bertz CT molecular complexity index is 1180. The first-order valence-electron chi connectivity index (χ1n) is 9.13. The third-order valence-electron chi connectivity index (χ3n) is 4.94. The van der Waals surface area contributed by atoms with Crippen molar-refractivity contribution in [3.8, 4) is 0 Å². The first kappa shape index (κ1) is 17.3. The van der Waals surface area contributed by atoms with Crippen LogP contribution in [0, 0.1) is 12.7 Å². The third kappa shape index (κ3) is 3.04. The Hall–Kier alpha value is -2.84. The summed E-state index contributed by atoms with van der Waals surface area (Å²) < 4.78 is 16.0. The molecule has 1 aromatic carbocycles. The molecule has 0 bridgehead atoms. The molecule has 1 unspecified atom stereocenters. The second-order valence-electron chi connectivity index (χ2n) is 7.10. The number of pyridine rings is 1. The number of anilines is 3. The van der Waals surface area contributed by atoms with Crippen LogP contribution in [0.3, 0.4) is 0 Å². The maximum atomic E-state index is 14.3. The molecule has 0 spiro atoms. The maximum Gasteiger partial charge on any atom is 0.173 e. The molecular weight excluding hydrogens is 381 g/mol. The van der Waals surface area contributed by atoms with E-state index in [4.69, 9.17) is 11.6 Å². The quantitative estimate of drug-likeness (QED) is 0.419. The predicted octanol–water partition coefficient (Wildman–Crippen LogP) is 3.83. The van der Waals surface area contributed by atoms with Crippen LogP contribution in [-0.4, -0.2) is 38.7 Å². The lowest BCUT2D eigenvalue weighted by Crippen LogP contribution is -2.21. The molecule has 4 N–H and O–H groups in total. The Morgan fingerprint density at radius 1 is 1.25 bits per heavy atom. The molecule has 1 fully saturated rings. The number of aryl methyl sites for hydroxylation is 1. The van der Waals surface area contributed by atoms with Crippen molar-refractivity contribution < 1.29 is 4.39 Å². The molecule has 144 valence electrons. The zero-order valence-electron chi connectivity index (χ0n) is 15.2. The van der Waals surface area contributed by atoms with Crippen LogP contribution in [0.2, 0.25) is 5.02 Å². The van der Waals surface area contributed by atoms with Gasteiger partial charge in [0.2, 0.25) is 0 Å². The zero-order valence-corrected chi connectivity index (χ0v) is 15.9. The second-order valence-corrected chi connectivity index (χ2v) is 7.51. The van der Waals surface area contributed by atoms with E-state index in [1.54, 1.807) is 16.8 Å². The Kier molecular flexibility index (Phi) is 4.10. The number of halogens is 2. The summed E-state index contributed by atoms with van der Waals surface area (Å²) in [5.74, 6) is 0.144. The van der Waals surface area contributed by atoms with Gasteiger partial charge in [0.1, 0.15) is 0 Å². The molecule has 1 atom stereocenters. The highest BCUT2D eigenvalue weighted by Crippen LogP contribution is 2.34. The summed E-state index contributed by atoms with van der Waals surface area (Å²) >= 11 is 6.55. The normalized spacial score (nSPS) is 16.9. The lowest BCUT2D eigenvalue weighted by molar-refractivity contribution is 0.630. The number of nitrogens with zero attached hydrogens (tertiary/aromatic N) is 3. The number of hydrogen-bond donors (Lipinski definition) is 4. The minimum absolute atomic E-state index is 0.296. The van der Waals surface area contributed by atoms with Crippen LogP contribution in [0.4, 0.5) is 21.6 Å². The molecule has 0 aliphatic carbocycles. The molecule has 1 saturated heterocycles. The summed E-state index contributed by atoms with van der Waals surface area (Å²) in [6.45, 7) is 3.78. The standard InChI is InChI=1S/C19H19ClFN7/c1-10-8-28-9-13(5-15(21)19(28)23-10)25-18-17-14(20)4-12(6-16(17)26-27-18)24-11-2-3-22-7-11/h4-6,8-9,11,22,24H,2-3,7H2,1H3,(H2,25,26,27). The van der Waals surface area contributed by atoms with Crippen LogP contribution in [0.25, 0.3) is 16.6 Å². The summed E-state index contributed by atoms with van der Waals surface area (Å²) in [5.41, 5.74) is 3.37. The van der Waals surface area contributed by atoms with E-state index in [0.29, 0.717) is 28.2 Å². The fourth-order valence-corrected chi connectivity index (χ4v) is 3.99. The van der Waals surface area contributed by atoms with E-state index >= 15 is 0 Å². The van der Waals surface area contributed by atoms with Crippen molar-refractivity contribution in [3.63, 3.8) is 0 Å². The summed E-state index contributed by atoms with van der Waals surface area (Å²) in [4.78, 5) is 4.17. The molecule has 9 heteroatoms. The number of rotatable bonds is 4. The number of aromatic amines is 1. The molecular formula is C19H19ClFN7. The van der Waals surface area contributed by atoms with E-state index in [9.17, 15) is 4.39 Å². The highest BCUT2D eigenvalue weighted by Gasteiger charge is 2.17. The summed E-state index contributed by atoms with van der Waals surface area (Å²) in [6, 6.07) is 5.67. The minimum atomic E-state index is -0.402. The smallest absolute Gasteiger partial charge is 0.173 e. The van der Waals surface area contributed by atoms with Gasteiger partial charge in [-0.15, -0.1) is 0 Å². The first-order valence-corrected chi connectivity index (χ1v) is 9.51. The molecule has 1 aliphatic rings. The summed E-state index contributed by atoms with van der Waals surface area (Å²) in [7, 11) is 0. The van der Waals surface area contributed by atoms with Crippen LogP contribution in [0.1, 0.15) is 12.1 Å². The lowest BCUT2D eigenvalue weighted by Gasteiger charge is -2.13. The van der Waals surface area contributed by atoms with E-state index in [1.165, 1.54) is 6.07 Å². The highest BCUT2D eigenvalue weighted by molar-refractivity contribution is 6.36.